The molecule has 21 heavy (non-hydrogen) atoms. The van der Waals surface area contributed by atoms with E-state index in [1.54, 1.807) is 16.8 Å². The third kappa shape index (κ3) is 4.36. The van der Waals surface area contributed by atoms with E-state index in [9.17, 15) is 4.79 Å². The molecule has 1 aromatic carbocycles. The van der Waals surface area contributed by atoms with Crippen molar-refractivity contribution in [2.24, 2.45) is 0 Å². The Balaban J connectivity index is 2.10. The molecular weight excluding hydrogens is 266 g/mol. The van der Waals surface area contributed by atoms with Gasteiger partial charge in [-0.25, -0.2) is 0 Å². The molecule has 0 aliphatic carbocycles. The van der Waals surface area contributed by atoms with Crippen LogP contribution in [0.5, 0.6) is 5.75 Å². The molecule has 0 aliphatic rings. The number of pyridine rings is 1. The van der Waals surface area contributed by atoms with Crippen molar-refractivity contribution in [2.45, 2.75) is 6.54 Å². The highest BCUT2D eigenvalue weighted by Gasteiger charge is 2.05. The van der Waals surface area contributed by atoms with Crippen molar-refractivity contribution >= 4 is 5.69 Å². The normalized spacial score (nSPS) is 10.8. The van der Waals surface area contributed by atoms with Crippen molar-refractivity contribution < 1.29 is 4.74 Å². The number of ether oxygens (including phenoxy) is 1. The van der Waals surface area contributed by atoms with E-state index in [0.717, 1.165) is 12.1 Å². The fourth-order valence-electron chi connectivity index (χ4n) is 1.91. The Morgan fingerprint density at radius 3 is 2.57 bits per heavy atom. The first-order chi connectivity index (χ1) is 10.1. The van der Waals surface area contributed by atoms with Crippen LogP contribution < -0.4 is 16.0 Å². The van der Waals surface area contributed by atoms with Crippen molar-refractivity contribution in [3.05, 3.63) is 58.5 Å². The summed E-state index contributed by atoms with van der Waals surface area (Å²) in [5, 5.41) is 0. The number of anilines is 1. The summed E-state index contributed by atoms with van der Waals surface area (Å²) in [6.07, 6.45) is 1.76. The Morgan fingerprint density at radius 2 is 1.90 bits per heavy atom. The monoisotopic (exact) mass is 287 g/mol. The Hall–Kier alpha value is -2.27. The van der Waals surface area contributed by atoms with Gasteiger partial charge < -0.3 is 19.9 Å². The van der Waals surface area contributed by atoms with Crippen LogP contribution in [0.15, 0.2) is 47.4 Å². The van der Waals surface area contributed by atoms with Crippen molar-refractivity contribution in [1.82, 2.24) is 9.47 Å². The maximum atomic E-state index is 12.3. The summed E-state index contributed by atoms with van der Waals surface area (Å²) in [5.74, 6) is 0.384. The van der Waals surface area contributed by atoms with Crippen LogP contribution in [-0.2, 0) is 6.54 Å². The van der Waals surface area contributed by atoms with Gasteiger partial charge in [0.15, 0.2) is 5.75 Å². The summed E-state index contributed by atoms with van der Waals surface area (Å²) < 4.78 is 7.19. The van der Waals surface area contributed by atoms with Crippen molar-refractivity contribution in [3.8, 4) is 5.75 Å². The minimum atomic E-state index is -0.118. The van der Waals surface area contributed by atoms with Crippen LogP contribution in [0.1, 0.15) is 5.56 Å². The zero-order valence-corrected chi connectivity index (χ0v) is 12.5. The van der Waals surface area contributed by atoms with Gasteiger partial charge in [-0.1, -0.05) is 12.1 Å². The predicted octanol–water partition coefficient (Wildman–Crippen LogP) is 1.42. The summed E-state index contributed by atoms with van der Waals surface area (Å²) >= 11 is 0. The van der Waals surface area contributed by atoms with Gasteiger partial charge in [-0.2, -0.15) is 0 Å². The van der Waals surface area contributed by atoms with Crippen LogP contribution in [-0.4, -0.2) is 36.7 Å². The first-order valence-corrected chi connectivity index (χ1v) is 6.87. The van der Waals surface area contributed by atoms with E-state index < -0.39 is 0 Å². The Morgan fingerprint density at radius 1 is 1.19 bits per heavy atom. The molecule has 1 aromatic heterocycles. The quantitative estimate of drug-likeness (QED) is 0.816. The maximum absolute atomic E-state index is 12.3. The third-order valence-electron chi connectivity index (χ3n) is 3.11. The average molecular weight is 287 g/mol. The van der Waals surface area contributed by atoms with Crippen LogP contribution in [0.4, 0.5) is 5.69 Å². The van der Waals surface area contributed by atoms with E-state index >= 15 is 0 Å². The van der Waals surface area contributed by atoms with Gasteiger partial charge in [-0.05, 0) is 43.9 Å². The van der Waals surface area contributed by atoms with E-state index in [2.05, 4.69) is 0 Å². The van der Waals surface area contributed by atoms with Gasteiger partial charge in [0.05, 0.1) is 6.54 Å². The van der Waals surface area contributed by atoms with Crippen LogP contribution in [0.3, 0.4) is 0 Å². The van der Waals surface area contributed by atoms with Gasteiger partial charge in [0.2, 0.25) is 0 Å². The molecule has 2 N–H and O–H groups in total. The molecule has 0 fully saturated rings. The molecule has 0 radical (unpaired) electrons. The summed E-state index contributed by atoms with van der Waals surface area (Å²) in [5.41, 5.74) is 7.28. The number of benzene rings is 1. The number of nitrogens with two attached hydrogens (primary N) is 1. The second-order valence-corrected chi connectivity index (χ2v) is 5.20. The summed E-state index contributed by atoms with van der Waals surface area (Å²) in [7, 11) is 3.93. The van der Waals surface area contributed by atoms with E-state index in [1.807, 2.05) is 49.3 Å². The zero-order valence-electron chi connectivity index (χ0n) is 12.5. The second kappa shape index (κ2) is 6.95. The molecular formula is C16H21N3O2. The van der Waals surface area contributed by atoms with Crippen molar-refractivity contribution in [3.63, 3.8) is 0 Å². The SMILES string of the molecule is CN(C)CCOc1cccn(Cc2ccc(N)cc2)c1=O. The van der Waals surface area contributed by atoms with Crippen LogP contribution in [0, 0.1) is 0 Å². The highest BCUT2D eigenvalue weighted by molar-refractivity contribution is 5.39. The Kier molecular flexibility index (Phi) is 5.00. The van der Waals surface area contributed by atoms with Gasteiger partial charge >= 0.3 is 0 Å². The molecule has 0 saturated carbocycles. The number of rotatable bonds is 6. The molecule has 2 aromatic rings. The Bertz CT molecular complexity index is 633. The molecule has 0 aliphatic heterocycles. The molecule has 2 rings (SSSR count). The molecule has 0 bridgehead atoms. The van der Waals surface area contributed by atoms with Crippen LogP contribution in [0.2, 0.25) is 0 Å². The first-order valence-electron chi connectivity index (χ1n) is 6.87. The van der Waals surface area contributed by atoms with E-state index in [1.165, 1.54) is 0 Å². The minimum Gasteiger partial charge on any atom is -0.487 e. The molecule has 112 valence electrons. The van der Waals surface area contributed by atoms with Gasteiger partial charge in [-0.3, -0.25) is 4.79 Å². The molecule has 5 heteroatoms. The minimum absolute atomic E-state index is 0.118. The first kappa shape index (κ1) is 15.1. The Labute approximate surface area is 124 Å². The average Bonchev–Trinajstić information content (AvgIpc) is 2.45. The summed E-state index contributed by atoms with van der Waals surface area (Å²) in [4.78, 5) is 14.3. The van der Waals surface area contributed by atoms with Gasteiger partial charge in [0, 0.05) is 18.4 Å². The van der Waals surface area contributed by atoms with Crippen molar-refractivity contribution in [2.75, 3.05) is 33.0 Å². The topological polar surface area (TPSA) is 60.5 Å². The van der Waals surface area contributed by atoms with E-state index in [-0.39, 0.29) is 5.56 Å². The standard InChI is InChI=1S/C16H21N3O2/c1-18(2)10-11-21-15-4-3-9-19(16(15)20)12-13-5-7-14(17)8-6-13/h3-9H,10-12,17H2,1-2H3. The molecule has 0 spiro atoms. The molecule has 0 unspecified atom stereocenters. The number of hydrogen-bond donors (Lipinski definition) is 1. The number of nitrogens with zero attached hydrogens (tertiary/aromatic N) is 2. The highest BCUT2D eigenvalue weighted by Crippen LogP contribution is 2.08. The van der Waals surface area contributed by atoms with Gasteiger partial charge in [0.25, 0.3) is 5.56 Å². The number of aromatic nitrogens is 1. The summed E-state index contributed by atoms with van der Waals surface area (Å²) in [6, 6.07) is 11.0. The lowest BCUT2D eigenvalue weighted by atomic mass is 10.2. The lowest BCUT2D eigenvalue weighted by Gasteiger charge is -2.12. The van der Waals surface area contributed by atoms with Crippen LogP contribution >= 0.6 is 0 Å². The summed E-state index contributed by atoms with van der Waals surface area (Å²) in [6.45, 7) is 1.77. The van der Waals surface area contributed by atoms with Gasteiger partial charge in [0.1, 0.15) is 6.61 Å². The largest absolute Gasteiger partial charge is 0.487 e. The molecule has 0 atom stereocenters. The lowest BCUT2D eigenvalue weighted by molar-refractivity contribution is 0.257. The maximum Gasteiger partial charge on any atom is 0.293 e. The number of hydrogen-bond acceptors (Lipinski definition) is 4. The molecule has 0 saturated heterocycles. The number of nitrogen functional groups attached to an aromatic ring is 1. The predicted molar refractivity (Wildman–Crippen MR) is 84.7 cm³/mol. The van der Waals surface area contributed by atoms with E-state index in [4.69, 9.17) is 10.5 Å². The molecule has 5 nitrogen and oxygen atoms in total. The molecule has 1 heterocycles. The van der Waals surface area contributed by atoms with Crippen LogP contribution in [0.25, 0.3) is 0 Å². The third-order valence-corrected chi connectivity index (χ3v) is 3.11. The smallest absolute Gasteiger partial charge is 0.293 e. The van der Waals surface area contributed by atoms with Crippen molar-refractivity contribution in [1.29, 1.82) is 0 Å². The van der Waals surface area contributed by atoms with E-state index in [0.29, 0.717) is 24.6 Å². The van der Waals surface area contributed by atoms with Gasteiger partial charge in [-0.15, -0.1) is 0 Å². The lowest BCUT2D eigenvalue weighted by Crippen LogP contribution is -2.25. The highest BCUT2D eigenvalue weighted by atomic mass is 16.5. The fourth-order valence-corrected chi connectivity index (χ4v) is 1.91. The second-order valence-electron chi connectivity index (χ2n) is 5.20. The zero-order chi connectivity index (χ0) is 15.2. The fraction of sp³-hybridized carbons (Fsp3) is 0.312. The number of likely N-dealkylation sites (N-methyl/N-ethyl adjacent to an activating group) is 1. The molecule has 0 amide bonds.